The quantitative estimate of drug-likeness (QED) is 0.0432. The number of thioether (sulfide) groups is 8. The van der Waals surface area contributed by atoms with Crippen molar-refractivity contribution >= 4 is 141 Å². The van der Waals surface area contributed by atoms with Gasteiger partial charge in [0.05, 0.1) is 52.9 Å². The predicted molar refractivity (Wildman–Crippen MR) is 451 cm³/mol. The van der Waals surface area contributed by atoms with Crippen LogP contribution in [0.2, 0.25) is 0 Å². The molecule has 0 aliphatic carbocycles. The monoisotopic (exact) mass is 1830 g/mol. The molecule has 56 heteroatoms. The van der Waals surface area contributed by atoms with Gasteiger partial charge in [-0.15, -0.1) is 94.1 Å². The summed E-state index contributed by atoms with van der Waals surface area (Å²) < 4.78 is 54.3. The third kappa shape index (κ3) is 27.8. The highest BCUT2D eigenvalue weighted by Gasteiger charge is 2.34. The van der Waals surface area contributed by atoms with Gasteiger partial charge in [0, 0.05) is 95.6 Å². The highest BCUT2D eigenvalue weighted by Crippen LogP contribution is 2.36. The predicted octanol–water partition coefficient (Wildman–Crippen LogP) is -4.75. The average molecular weight is 1830 g/mol. The molecule has 24 N–H and O–H groups in total. The zero-order chi connectivity index (χ0) is 86.7. The molecule has 0 bridgehead atoms. The van der Waals surface area contributed by atoms with Crippen molar-refractivity contribution in [2.45, 2.75) is 93.3 Å². The Morgan fingerprint density at radius 1 is 0.225 bits per heavy atom. The fourth-order valence-corrected chi connectivity index (χ4v) is 18.1. The van der Waals surface area contributed by atoms with E-state index in [2.05, 4.69) is 39.9 Å². The van der Waals surface area contributed by atoms with Crippen LogP contribution in [0, 0.1) is 0 Å². The maximum atomic E-state index is 11.4. The summed E-state index contributed by atoms with van der Waals surface area (Å²) in [5.74, 6) is 6.53. The zero-order valence-corrected chi connectivity index (χ0v) is 69.5. The fraction of sp³-hybridized carbons (Fsp3) is 0.500. The van der Waals surface area contributed by atoms with Crippen LogP contribution in [0.3, 0.4) is 0 Å². The largest absolute Gasteiger partial charge is 0.393 e. The van der Waals surface area contributed by atoms with Gasteiger partial charge in [0.25, 0.3) is 0 Å². The Balaban J connectivity index is 0.000000156. The molecule has 16 rings (SSSR count). The second kappa shape index (κ2) is 47.3. The molecule has 656 valence electrons. The van der Waals surface area contributed by atoms with Gasteiger partial charge < -0.3 is 125 Å². The van der Waals surface area contributed by atoms with E-state index in [1.807, 2.05) is 0 Å². The Labute approximate surface area is 711 Å². The molecule has 120 heavy (non-hydrogen) atoms. The minimum atomic E-state index is -0.431. The molecule has 0 radical (unpaired) electrons. The first-order valence-electron chi connectivity index (χ1n) is 35.4. The van der Waals surface area contributed by atoms with E-state index in [0.29, 0.717) is 46.0 Å². The van der Waals surface area contributed by atoms with Crippen LogP contribution < -0.4 is 91.4 Å². The van der Waals surface area contributed by atoms with Gasteiger partial charge in [-0.25, -0.2) is 38.4 Å². The molecule has 8 saturated heterocycles. The van der Waals surface area contributed by atoms with Crippen LogP contribution >= 0.6 is 94.1 Å². The lowest BCUT2D eigenvalue weighted by atomic mass is 10.5. The zero-order valence-electron chi connectivity index (χ0n) is 62.9. The van der Waals surface area contributed by atoms with E-state index < -0.39 is 45.5 Å². The summed E-state index contributed by atoms with van der Waals surface area (Å²) in [4.78, 5) is 120. The van der Waals surface area contributed by atoms with Gasteiger partial charge in [-0.05, 0) is 48.5 Å². The molecule has 8 aliphatic heterocycles. The molecule has 0 amide bonds. The molecule has 8 aliphatic rings. The lowest BCUT2D eigenvalue weighted by Gasteiger charge is -2.13. The summed E-state index contributed by atoms with van der Waals surface area (Å²) in [5, 5.41) is 71.0. The lowest BCUT2D eigenvalue weighted by Crippen LogP contribution is -2.28. The highest BCUT2D eigenvalue weighted by atomic mass is 32.2. The van der Waals surface area contributed by atoms with Crippen molar-refractivity contribution in [2.24, 2.45) is 0 Å². The normalized spacial score (nSPS) is 25.7. The van der Waals surface area contributed by atoms with E-state index >= 15 is 0 Å². The van der Waals surface area contributed by atoms with Gasteiger partial charge in [0.2, 0.25) is 0 Å². The maximum absolute atomic E-state index is 11.4. The van der Waals surface area contributed by atoms with E-state index in [1.54, 1.807) is 98.1 Å². The smallest absolute Gasteiger partial charge is 0.351 e. The van der Waals surface area contributed by atoms with Crippen molar-refractivity contribution in [3.8, 4) is 0 Å². The number of aromatic nitrogens is 16. The van der Waals surface area contributed by atoms with Crippen LogP contribution in [-0.4, -0.2) is 260 Å². The van der Waals surface area contributed by atoms with Crippen molar-refractivity contribution < 1.29 is 78.7 Å². The second-order valence-electron chi connectivity index (χ2n) is 24.6. The topological polar surface area (TPSA) is 723 Å². The molecule has 8 fully saturated rings. The number of hydrogen-bond acceptors (Lipinski definition) is 48. The average Bonchev–Trinajstić information content (AvgIpc) is 1.43. The molecule has 0 aromatic carbocycles. The Morgan fingerprint density at radius 2 is 0.325 bits per heavy atom. The molecule has 16 atom stereocenters. The summed E-state index contributed by atoms with van der Waals surface area (Å²) >= 11 is 11.7. The van der Waals surface area contributed by atoms with Gasteiger partial charge in [0.1, 0.15) is 140 Å². The number of hydrogen-bond donors (Lipinski definition) is 16. The van der Waals surface area contributed by atoms with Crippen LogP contribution in [0.15, 0.2) is 136 Å². The van der Waals surface area contributed by atoms with Gasteiger partial charge in [-0.3, -0.25) is 36.5 Å². The van der Waals surface area contributed by atoms with Crippen molar-refractivity contribution in [3.05, 3.63) is 182 Å². The van der Waals surface area contributed by atoms with Crippen LogP contribution in [0.4, 0.5) is 46.5 Å². The number of rotatable bonds is 16. The van der Waals surface area contributed by atoms with Crippen molar-refractivity contribution in [2.75, 3.05) is 145 Å². The molecular weight excluding hydrogens is 1750 g/mol. The Morgan fingerprint density at radius 3 is 0.400 bits per heavy atom. The summed E-state index contributed by atoms with van der Waals surface area (Å²) in [6, 6.07) is 12.3. The van der Waals surface area contributed by atoms with Crippen LogP contribution in [-0.2, 0) is 37.9 Å². The van der Waals surface area contributed by atoms with Gasteiger partial charge in [-0.1, -0.05) is 0 Å². The Hall–Kier alpha value is -8.40. The second-order valence-corrected chi connectivity index (χ2v) is 34.2. The first kappa shape index (κ1) is 95.4. The van der Waals surface area contributed by atoms with Crippen LogP contribution in [0.5, 0.6) is 0 Å². The molecule has 48 nitrogen and oxygen atoms in total. The first-order valence-corrected chi connectivity index (χ1v) is 43.8. The maximum Gasteiger partial charge on any atom is 0.351 e. The fourth-order valence-electron chi connectivity index (χ4n) is 10.6. The minimum absolute atomic E-state index is 0.0572. The number of nitrogens with two attached hydrogens (primary N) is 8. The van der Waals surface area contributed by atoms with E-state index in [9.17, 15) is 38.4 Å². The standard InChI is InChI=1S/8C8H11N3O3S/c8*9-5-1-2-11(8(13)10-5)6-4-15-7(3-12)14-6/h8*1-2,6-7,12H,3-4H2,(H2,9,10,13)/t4*6?,7-;4*6-,7+/m00000000/s1. The van der Waals surface area contributed by atoms with Gasteiger partial charge in [0.15, 0.2) is 0 Å². The Bertz CT molecular complexity index is 4200. The van der Waals surface area contributed by atoms with E-state index in [4.69, 9.17) is 125 Å². The van der Waals surface area contributed by atoms with E-state index in [1.165, 1.54) is 131 Å². The molecule has 4 unspecified atom stereocenters. The number of anilines is 8. The molecule has 16 heterocycles. The van der Waals surface area contributed by atoms with Gasteiger partial charge >= 0.3 is 45.5 Å². The van der Waals surface area contributed by atoms with Crippen molar-refractivity contribution in [3.63, 3.8) is 0 Å². The number of ether oxygens (including phenoxy) is 8. The van der Waals surface area contributed by atoms with Crippen LogP contribution in [0.25, 0.3) is 0 Å². The van der Waals surface area contributed by atoms with Crippen molar-refractivity contribution in [1.82, 2.24) is 76.4 Å². The molecule has 0 saturated carbocycles. The third-order valence-corrected chi connectivity index (χ3v) is 25.2. The first-order chi connectivity index (χ1) is 57.6. The molecule has 8 aromatic heterocycles. The number of nitrogens with zero attached hydrogens (tertiary/aromatic N) is 16. The molecular formula is C64H88N24O24S8. The lowest BCUT2D eigenvalue weighted by molar-refractivity contribution is -0.00634. The highest BCUT2D eigenvalue weighted by molar-refractivity contribution is 8.01. The minimum Gasteiger partial charge on any atom is -0.393 e. The van der Waals surface area contributed by atoms with Gasteiger partial charge in [-0.2, -0.15) is 39.9 Å². The molecule has 0 spiro atoms. The SMILES string of the molecule is Nc1ccn(C2CS[C@@H](CO)O2)c(=O)n1.Nc1ccn(C2CS[C@@H](CO)O2)c(=O)n1.Nc1ccn(C2CS[C@@H](CO)O2)c(=O)n1.Nc1ccn(C2CS[C@@H](CO)O2)c(=O)n1.Nc1ccn([C@@H]2CS[C@H](CO)O2)c(=O)n1.Nc1ccn([C@@H]2CS[C@H](CO)O2)c(=O)n1.Nc1ccn([C@@H]2CS[C@H](CO)O2)c(=O)n1.Nc1ccn([C@@H]2CS[C@H](CO)O2)c(=O)n1. The third-order valence-electron chi connectivity index (χ3n) is 16.4. The van der Waals surface area contributed by atoms with Crippen molar-refractivity contribution in [1.29, 1.82) is 0 Å². The summed E-state index contributed by atoms with van der Waals surface area (Å²) in [6.45, 7) is -0.458. The Kier molecular flexibility index (Phi) is 37.6. The summed E-state index contributed by atoms with van der Waals surface area (Å²) in [6.07, 6.45) is 9.47. The van der Waals surface area contributed by atoms with E-state index in [-0.39, 0.29) is 193 Å². The van der Waals surface area contributed by atoms with E-state index in [0.717, 1.165) is 0 Å². The van der Waals surface area contributed by atoms with Crippen LogP contribution in [0.1, 0.15) is 49.8 Å². The summed E-state index contributed by atoms with van der Waals surface area (Å²) in [7, 11) is 0. The number of aliphatic hydroxyl groups excluding tert-OH is 8. The molecule has 8 aromatic rings. The number of aliphatic hydroxyl groups is 8. The summed E-state index contributed by atoms with van der Waals surface area (Å²) in [5.41, 5.74) is 37.4. The number of nitrogen functional groups attached to an aromatic ring is 8.